The molecule has 4 heteroatoms. The minimum Gasteiger partial charge on any atom is -0.384 e. The minimum atomic E-state index is 0.0852. The number of hydrogen-bond donors (Lipinski definition) is 2. The summed E-state index contributed by atoms with van der Waals surface area (Å²) in [6.45, 7) is 8.29. The van der Waals surface area contributed by atoms with Gasteiger partial charge in [0.15, 0.2) is 0 Å². The van der Waals surface area contributed by atoms with Crippen LogP contribution in [0.25, 0.3) is 0 Å². The average Bonchev–Trinajstić information content (AvgIpc) is 2.86. The van der Waals surface area contributed by atoms with E-state index in [1.807, 2.05) is 19.1 Å². The first-order valence-corrected chi connectivity index (χ1v) is 7.81. The van der Waals surface area contributed by atoms with Crippen molar-refractivity contribution >= 4 is 11.6 Å². The van der Waals surface area contributed by atoms with E-state index in [-0.39, 0.29) is 17.9 Å². The molecule has 0 aromatic heterocycles. The zero-order valence-electron chi connectivity index (χ0n) is 13.2. The van der Waals surface area contributed by atoms with E-state index in [4.69, 9.17) is 4.74 Å². The molecule has 4 nitrogen and oxygen atoms in total. The van der Waals surface area contributed by atoms with Gasteiger partial charge in [0.1, 0.15) is 0 Å². The summed E-state index contributed by atoms with van der Waals surface area (Å²) < 4.78 is 5.46. The Morgan fingerprint density at radius 2 is 2.19 bits per heavy atom. The van der Waals surface area contributed by atoms with Crippen molar-refractivity contribution in [3.8, 4) is 0 Å². The third kappa shape index (κ3) is 4.21. The van der Waals surface area contributed by atoms with Crippen molar-refractivity contribution in [1.82, 2.24) is 5.32 Å². The Labute approximate surface area is 127 Å². The molecule has 0 saturated carbocycles. The van der Waals surface area contributed by atoms with E-state index in [2.05, 4.69) is 36.6 Å². The number of anilines is 1. The predicted molar refractivity (Wildman–Crippen MR) is 85.6 cm³/mol. The van der Waals surface area contributed by atoms with E-state index in [9.17, 15) is 4.79 Å². The fourth-order valence-corrected chi connectivity index (χ4v) is 2.67. The van der Waals surface area contributed by atoms with E-state index in [1.165, 1.54) is 5.56 Å². The number of benzene rings is 1. The molecular weight excluding hydrogens is 264 g/mol. The van der Waals surface area contributed by atoms with Gasteiger partial charge in [0.2, 0.25) is 5.91 Å². The Kier molecular flexibility index (Phi) is 5.62. The Hall–Kier alpha value is -1.55. The van der Waals surface area contributed by atoms with Gasteiger partial charge in [-0.25, -0.2) is 0 Å². The van der Waals surface area contributed by atoms with Gasteiger partial charge in [0.05, 0.1) is 12.6 Å². The summed E-state index contributed by atoms with van der Waals surface area (Å²) >= 11 is 0. The van der Waals surface area contributed by atoms with E-state index < -0.39 is 0 Å². The molecule has 2 unspecified atom stereocenters. The molecule has 2 rings (SSSR count). The second-order valence-electron chi connectivity index (χ2n) is 5.95. The van der Waals surface area contributed by atoms with Crippen molar-refractivity contribution in [2.24, 2.45) is 5.92 Å². The molecule has 116 valence electrons. The number of fused-ring (bicyclic) bond motifs is 1. The third-order valence-electron chi connectivity index (χ3n) is 4.02. The number of carbonyl (C=O) groups excluding carboxylic acids is 1. The number of nitrogens with one attached hydrogen (secondary N) is 2. The molecule has 2 atom stereocenters. The Balaban J connectivity index is 1.90. The summed E-state index contributed by atoms with van der Waals surface area (Å²) in [6, 6.07) is 8.31. The van der Waals surface area contributed by atoms with Gasteiger partial charge in [-0.2, -0.15) is 0 Å². The Bertz CT molecular complexity index is 474. The van der Waals surface area contributed by atoms with Crippen molar-refractivity contribution < 1.29 is 9.53 Å². The number of para-hydroxylation sites is 1. The number of rotatable bonds is 7. The second kappa shape index (κ2) is 7.46. The maximum Gasteiger partial charge on any atom is 0.220 e. The standard InChI is InChI=1S/C17H26N2O2/c1-4-21-11-16(12(2)3)19-17(20)9-13-10-18-15-8-6-5-7-14(13)15/h5-8,12-13,16,18H,4,9-11H2,1-3H3,(H,19,20). The maximum absolute atomic E-state index is 12.3. The SMILES string of the molecule is CCOCC(NC(=O)CC1CNc2ccccc21)C(C)C. The fraction of sp³-hybridized carbons (Fsp3) is 0.588. The molecule has 2 N–H and O–H groups in total. The third-order valence-corrected chi connectivity index (χ3v) is 4.02. The lowest BCUT2D eigenvalue weighted by molar-refractivity contribution is -0.123. The molecule has 1 heterocycles. The first-order valence-electron chi connectivity index (χ1n) is 7.81. The highest BCUT2D eigenvalue weighted by Gasteiger charge is 2.25. The van der Waals surface area contributed by atoms with Crippen LogP contribution in [0.1, 0.15) is 38.7 Å². The molecule has 1 aromatic carbocycles. The monoisotopic (exact) mass is 290 g/mol. The van der Waals surface area contributed by atoms with E-state index in [1.54, 1.807) is 0 Å². The van der Waals surface area contributed by atoms with Gasteiger partial charge in [0, 0.05) is 31.2 Å². The molecule has 0 aliphatic carbocycles. The highest BCUT2D eigenvalue weighted by Crippen LogP contribution is 2.33. The van der Waals surface area contributed by atoms with Crippen LogP contribution in [0.15, 0.2) is 24.3 Å². The van der Waals surface area contributed by atoms with Crippen LogP contribution in [0.4, 0.5) is 5.69 Å². The van der Waals surface area contributed by atoms with Crippen molar-refractivity contribution in [2.75, 3.05) is 25.1 Å². The highest BCUT2D eigenvalue weighted by molar-refractivity contribution is 5.78. The quantitative estimate of drug-likeness (QED) is 0.812. The first kappa shape index (κ1) is 15.8. The van der Waals surface area contributed by atoms with Crippen LogP contribution in [0.2, 0.25) is 0 Å². The normalized spacial score (nSPS) is 18.2. The zero-order valence-corrected chi connectivity index (χ0v) is 13.2. The fourth-order valence-electron chi connectivity index (χ4n) is 2.67. The minimum absolute atomic E-state index is 0.0852. The summed E-state index contributed by atoms with van der Waals surface area (Å²) in [4.78, 5) is 12.3. The summed E-state index contributed by atoms with van der Waals surface area (Å²) in [5.74, 6) is 0.743. The Morgan fingerprint density at radius 1 is 1.43 bits per heavy atom. The summed E-state index contributed by atoms with van der Waals surface area (Å²) in [5.41, 5.74) is 2.41. The largest absolute Gasteiger partial charge is 0.384 e. The van der Waals surface area contributed by atoms with Crippen LogP contribution < -0.4 is 10.6 Å². The van der Waals surface area contributed by atoms with Gasteiger partial charge < -0.3 is 15.4 Å². The maximum atomic E-state index is 12.3. The number of ether oxygens (including phenoxy) is 1. The molecule has 0 fully saturated rings. The summed E-state index contributed by atoms with van der Waals surface area (Å²) in [5, 5.41) is 6.48. The van der Waals surface area contributed by atoms with Crippen LogP contribution in [0.5, 0.6) is 0 Å². The molecular formula is C17H26N2O2. The lowest BCUT2D eigenvalue weighted by Gasteiger charge is -2.23. The smallest absolute Gasteiger partial charge is 0.220 e. The van der Waals surface area contributed by atoms with Gasteiger partial charge in [-0.3, -0.25) is 4.79 Å². The first-order chi connectivity index (χ1) is 10.1. The lowest BCUT2D eigenvalue weighted by atomic mass is 9.97. The van der Waals surface area contributed by atoms with Gasteiger partial charge in [-0.1, -0.05) is 32.0 Å². The van der Waals surface area contributed by atoms with Crippen LogP contribution in [-0.2, 0) is 9.53 Å². The van der Waals surface area contributed by atoms with Crippen LogP contribution in [-0.4, -0.2) is 31.7 Å². The molecule has 1 aliphatic heterocycles. The molecule has 0 saturated heterocycles. The highest BCUT2D eigenvalue weighted by atomic mass is 16.5. The summed E-state index contributed by atoms with van der Waals surface area (Å²) in [7, 11) is 0. The van der Waals surface area contributed by atoms with Crippen molar-refractivity contribution in [3.05, 3.63) is 29.8 Å². The predicted octanol–water partition coefficient (Wildman–Crippen LogP) is 2.76. The molecule has 0 radical (unpaired) electrons. The van der Waals surface area contributed by atoms with Crippen molar-refractivity contribution in [2.45, 2.75) is 39.2 Å². The van der Waals surface area contributed by atoms with Crippen LogP contribution >= 0.6 is 0 Å². The van der Waals surface area contributed by atoms with E-state index in [0.717, 1.165) is 12.2 Å². The number of hydrogen-bond acceptors (Lipinski definition) is 3. The van der Waals surface area contributed by atoms with Crippen molar-refractivity contribution in [1.29, 1.82) is 0 Å². The topological polar surface area (TPSA) is 50.4 Å². The number of amides is 1. The van der Waals surface area contributed by atoms with Crippen molar-refractivity contribution in [3.63, 3.8) is 0 Å². The van der Waals surface area contributed by atoms with Crippen LogP contribution in [0.3, 0.4) is 0 Å². The molecule has 1 aromatic rings. The van der Waals surface area contributed by atoms with Crippen LogP contribution in [0, 0.1) is 5.92 Å². The van der Waals surface area contributed by atoms with Gasteiger partial charge in [-0.15, -0.1) is 0 Å². The molecule has 1 aliphatic rings. The van der Waals surface area contributed by atoms with Gasteiger partial charge >= 0.3 is 0 Å². The van der Waals surface area contributed by atoms with E-state index >= 15 is 0 Å². The van der Waals surface area contributed by atoms with Gasteiger partial charge in [0.25, 0.3) is 0 Å². The Morgan fingerprint density at radius 3 is 2.90 bits per heavy atom. The molecule has 0 spiro atoms. The summed E-state index contributed by atoms with van der Waals surface area (Å²) in [6.07, 6.45) is 0.527. The zero-order chi connectivity index (χ0) is 15.2. The average molecular weight is 290 g/mol. The van der Waals surface area contributed by atoms with Gasteiger partial charge in [-0.05, 0) is 24.5 Å². The molecule has 21 heavy (non-hydrogen) atoms. The second-order valence-corrected chi connectivity index (χ2v) is 5.95. The lowest BCUT2D eigenvalue weighted by Crippen LogP contribution is -2.42. The number of carbonyl (C=O) groups is 1. The molecule has 0 bridgehead atoms. The molecule has 1 amide bonds. The van der Waals surface area contributed by atoms with E-state index in [0.29, 0.717) is 25.6 Å².